The molecule has 1 aromatic heterocycles. The molecular weight excluding hydrogens is 224 g/mol. The third kappa shape index (κ3) is 2.01. The molecule has 0 spiro atoms. The molecule has 0 fully saturated rings. The van der Waals surface area contributed by atoms with Gasteiger partial charge in [0.1, 0.15) is 4.88 Å². The molecule has 0 aliphatic rings. The zero-order valence-corrected chi connectivity index (χ0v) is 9.44. The molecule has 6 heteroatoms. The Morgan fingerprint density at radius 1 is 1.38 bits per heavy atom. The van der Waals surface area contributed by atoms with E-state index in [0.717, 1.165) is 17.2 Å². The van der Waals surface area contributed by atoms with Crippen LogP contribution in [0.15, 0.2) is 30.5 Å². The molecule has 1 aromatic carbocycles. The molecule has 16 heavy (non-hydrogen) atoms. The Morgan fingerprint density at radius 3 is 2.62 bits per heavy atom. The molecule has 0 unspecified atom stereocenters. The summed E-state index contributed by atoms with van der Waals surface area (Å²) in [5, 5.41) is 3.63. The molecule has 0 aliphatic heterocycles. The van der Waals surface area contributed by atoms with Crippen molar-refractivity contribution >= 4 is 28.8 Å². The fraction of sp³-hybridized carbons (Fsp3) is 0.100. The summed E-state index contributed by atoms with van der Waals surface area (Å²) in [5.74, 6) is -0.125. The Bertz CT molecular complexity index is 480. The van der Waals surface area contributed by atoms with Crippen LogP contribution in [0.5, 0.6) is 0 Å². The van der Waals surface area contributed by atoms with Gasteiger partial charge in [0.15, 0.2) is 0 Å². The van der Waals surface area contributed by atoms with E-state index >= 15 is 0 Å². The Hall–Kier alpha value is -1.95. The zero-order chi connectivity index (χ0) is 11.5. The first-order valence-corrected chi connectivity index (χ1v) is 5.37. The maximum absolute atomic E-state index is 11.9. The van der Waals surface area contributed by atoms with Crippen LogP contribution in [0.1, 0.15) is 9.67 Å². The summed E-state index contributed by atoms with van der Waals surface area (Å²) in [6.07, 6.45) is 1.46. The number of nitrogens with two attached hydrogens (primary N) is 1. The second-order valence-electron chi connectivity index (χ2n) is 3.24. The first kappa shape index (κ1) is 10.6. The lowest BCUT2D eigenvalue weighted by molar-refractivity contribution is 0.0996. The first-order chi connectivity index (χ1) is 7.68. The first-order valence-electron chi connectivity index (χ1n) is 4.59. The van der Waals surface area contributed by atoms with E-state index in [1.165, 1.54) is 11.1 Å². The van der Waals surface area contributed by atoms with Crippen LogP contribution in [0.25, 0.3) is 0 Å². The predicted molar refractivity (Wildman–Crippen MR) is 63.5 cm³/mol. The highest BCUT2D eigenvalue weighted by atomic mass is 32.1. The van der Waals surface area contributed by atoms with Crippen molar-refractivity contribution in [3.63, 3.8) is 0 Å². The minimum atomic E-state index is -0.125. The maximum Gasteiger partial charge on any atom is 0.271 e. The van der Waals surface area contributed by atoms with Crippen LogP contribution in [0, 0.1) is 0 Å². The minimum absolute atomic E-state index is 0.125. The Labute approximate surface area is 96.7 Å². The molecule has 0 atom stereocenters. The molecule has 0 bridgehead atoms. The molecule has 0 aliphatic carbocycles. The average Bonchev–Trinajstić information content (AvgIpc) is 2.81. The van der Waals surface area contributed by atoms with Crippen molar-refractivity contribution in [3.05, 3.63) is 35.3 Å². The molecule has 5 nitrogen and oxygen atoms in total. The Kier molecular flexibility index (Phi) is 2.82. The van der Waals surface area contributed by atoms with E-state index in [4.69, 9.17) is 5.73 Å². The number of nitrogen functional groups attached to an aromatic ring is 1. The Morgan fingerprint density at radius 2 is 2.06 bits per heavy atom. The lowest BCUT2D eigenvalue weighted by Crippen LogP contribution is -2.25. The van der Waals surface area contributed by atoms with Gasteiger partial charge < -0.3 is 10.6 Å². The number of hydrogen-bond acceptors (Lipinski definition) is 5. The fourth-order valence-corrected chi connectivity index (χ4v) is 1.73. The van der Waals surface area contributed by atoms with Gasteiger partial charge in [-0.15, -0.1) is 5.10 Å². The maximum atomic E-state index is 11.9. The molecule has 2 N–H and O–H groups in total. The molecule has 1 heterocycles. The van der Waals surface area contributed by atoms with Crippen molar-refractivity contribution in [1.82, 2.24) is 9.59 Å². The quantitative estimate of drug-likeness (QED) is 0.797. The van der Waals surface area contributed by atoms with Gasteiger partial charge in [0.05, 0.1) is 6.20 Å². The van der Waals surface area contributed by atoms with Crippen molar-refractivity contribution in [2.75, 3.05) is 17.7 Å². The van der Waals surface area contributed by atoms with Crippen LogP contribution >= 0.6 is 11.5 Å². The van der Waals surface area contributed by atoms with Gasteiger partial charge >= 0.3 is 0 Å². The van der Waals surface area contributed by atoms with E-state index < -0.39 is 0 Å². The largest absolute Gasteiger partial charge is 0.399 e. The summed E-state index contributed by atoms with van der Waals surface area (Å²) >= 11 is 1.08. The average molecular weight is 234 g/mol. The van der Waals surface area contributed by atoms with Gasteiger partial charge in [0, 0.05) is 18.4 Å². The number of amides is 1. The molecule has 2 aromatic rings. The van der Waals surface area contributed by atoms with E-state index in [9.17, 15) is 4.79 Å². The Balaban J connectivity index is 2.22. The number of hydrogen-bond donors (Lipinski definition) is 1. The molecular formula is C10H10N4OS. The highest BCUT2D eigenvalue weighted by Gasteiger charge is 2.15. The number of nitrogens with zero attached hydrogens (tertiary/aromatic N) is 3. The molecule has 0 saturated heterocycles. The summed E-state index contributed by atoms with van der Waals surface area (Å²) in [7, 11) is 1.70. The van der Waals surface area contributed by atoms with Gasteiger partial charge in [-0.3, -0.25) is 4.79 Å². The van der Waals surface area contributed by atoms with Gasteiger partial charge in [-0.1, -0.05) is 4.49 Å². The molecule has 2 rings (SSSR count). The molecule has 82 valence electrons. The number of rotatable bonds is 2. The van der Waals surface area contributed by atoms with Crippen LogP contribution in [-0.2, 0) is 0 Å². The lowest BCUT2D eigenvalue weighted by atomic mass is 10.2. The van der Waals surface area contributed by atoms with E-state index in [0.29, 0.717) is 10.6 Å². The smallest absolute Gasteiger partial charge is 0.271 e. The van der Waals surface area contributed by atoms with Gasteiger partial charge in [-0.25, -0.2) is 0 Å². The minimum Gasteiger partial charge on any atom is -0.399 e. The number of aromatic nitrogens is 2. The van der Waals surface area contributed by atoms with E-state index in [-0.39, 0.29) is 5.91 Å². The third-order valence-electron chi connectivity index (χ3n) is 2.16. The van der Waals surface area contributed by atoms with Crippen molar-refractivity contribution < 1.29 is 4.79 Å². The van der Waals surface area contributed by atoms with Crippen molar-refractivity contribution in [2.24, 2.45) is 0 Å². The van der Waals surface area contributed by atoms with Crippen LogP contribution in [0.3, 0.4) is 0 Å². The SMILES string of the molecule is CN(C(=O)c1cnns1)c1ccc(N)cc1. The van der Waals surface area contributed by atoms with E-state index in [2.05, 4.69) is 9.59 Å². The van der Waals surface area contributed by atoms with Crippen molar-refractivity contribution in [1.29, 1.82) is 0 Å². The van der Waals surface area contributed by atoms with Gasteiger partial charge in [0.25, 0.3) is 5.91 Å². The monoisotopic (exact) mass is 234 g/mol. The zero-order valence-electron chi connectivity index (χ0n) is 8.62. The standard InChI is InChI=1S/C10H10N4OS/c1-14(8-4-2-7(11)3-5-8)10(15)9-6-12-13-16-9/h2-6H,11H2,1H3. The van der Waals surface area contributed by atoms with Crippen LogP contribution < -0.4 is 10.6 Å². The third-order valence-corrected chi connectivity index (χ3v) is 2.81. The van der Waals surface area contributed by atoms with Gasteiger partial charge in [-0.2, -0.15) is 0 Å². The lowest BCUT2D eigenvalue weighted by Gasteiger charge is -2.15. The fourth-order valence-electron chi connectivity index (χ4n) is 1.24. The van der Waals surface area contributed by atoms with Crippen LogP contribution in [0.2, 0.25) is 0 Å². The van der Waals surface area contributed by atoms with Gasteiger partial charge in [-0.05, 0) is 35.8 Å². The number of carbonyl (C=O) groups excluding carboxylic acids is 1. The summed E-state index contributed by atoms with van der Waals surface area (Å²) in [5.41, 5.74) is 7.03. The van der Waals surface area contributed by atoms with Crippen LogP contribution in [0.4, 0.5) is 11.4 Å². The number of anilines is 2. The second-order valence-corrected chi connectivity index (χ2v) is 4.02. The highest BCUT2D eigenvalue weighted by Crippen LogP contribution is 2.17. The van der Waals surface area contributed by atoms with Crippen molar-refractivity contribution in [3.8, 4) is 0 Å². The van der Waals surface area contributed by atoms with Crippen LogP contribution in [-0.4, -0.2) is 22.5 Å². The topological polar surface area (TPSA) is 72.1 Å². The van der Waals surface area contributed by atoms with Crippen molar-refractivity contribution in [2.45, 2.75) is 0 Å². The number of carbonyl (C=O) groups is 1. The van der Waals surface area contributed by atoms with E-state index in [1.54, 1.807) is 31.3 Å². The summed E-state index contributed by atoms with van der Waals surface area (Å²) in [6, 6.07) is 7.09. The highest BCUT2D eigenvalue weighted by molar-refractivity contribution is 7.07. The molecule has 1 amide bonds. The van der Waals surface area contributed by atoms with Gasteiger partial charge in [0.2, 0.25) is 0 Å². The second kappa shape index (κ2) is 4.28. The summed E-state index contributed by atoms with van der Waals surface area (Å²) < 4.78 is 3.66. The summed E-state index contributed by atoms with van der Waals surface area (Å²) in [4.78, 5) is 14.0. The molecule has 0 saturated carbocycles. The molecule has 0 radical (unpaired) electrons. The number of benzene rings is 1. The normalized spacial score (nSPS) is 10.1. The predicted octanol–water partition coefficient (Wildman–Crippen LogP) is 1.40. The summed E-state index contributed by atoms with van der Waals surface area (Å²) in [6.45, 7) is 0. The van der Waals surface area contributed by atoms with E-state index in [1.807, 2.05) is 0 Å².